The zero-order chi connectivity index (χ0) is 7.68. The van der Waals surface area contributed by atoms with Crippen LogP contribution in [0, 0.1) is 0 Å². The van der Waals surface area contributed by atoms with Gasteiger partial charge in [0.05, 0.1) is 13.7 Å². The molecule has 58 valence electrons. The van der Waals surface area contributed by atoms with Crippen molar-refractivity contribution >= 4 is 0 Å². The van der Waals surface area contributed by atoms with Crippen LogP contribution < -0.4 is 4.74 Å². The van der Waals surface area contributed by atoms with Crippen LogP contribution in [-0.4, -0.2) is 18.7 Å². The third-order valence-electron chi connectivity index (χ3n) is 1.67. The minimum Gasteiger partial charge on any atom is -0.481 e. The maximum absolute atomic E-state index is 5.09. The molecule has 1 saturated heterocycles. The molecule has 0 saturated carbocycles. The first-order valence-electron chi connectivity index (χ1n) is 3.51. The fourth-order valence-corrected chi connectivity index (χ4v) is 0.944. The topological polar surface area (TPSA) is 34.6 Å². The molecule has 2 rings (SSSR count). The molecule has 0 radical (unpaired) electrons. The summed E-state index contributed by atoms with van der Waals surface area (Å²) in [7, 11) is 1.61. The van der Waals surface area contributed by atoms with Gasteiger partial charge in [0.2, 0.25) is 5.88 Å². The number of hydrogen-bond acceptors (Lipinski definition) is 3. The zero-order valence-electron chi connectivity index (χ0n) is 6.28. The highest BCUT2D eigenvalue weighted by Crippen LogP contribution is 2.29. The zero-order valence-corrected chi connectivity index (χ0v) is 6.28. The third kappa shape index (κ3) is 1.33. The molecule has 1 fully saturated rings. The van der Waals surface area contributed by atoms with Gasteiger partial charge in [-0.25, -0.2) is 4.98 Å². The Morgan fingerprint density at radius 3 is 2.91 bits per heavy atom. The van der Waals surface area contributed by atoms with E-state index in [2.05, 4.69) is 4.98 Å². The molecule has 11 heavy (non-hydrogen) atoms. The monoisotopic (exact) mass is 151 g/mol. The Balaban J connectivity index is 2.19. The van der Waals surface area contributed by atoms with Gasteiger partial charge in [-0.3, -0.25) is 0 Å². The van der Waals surface area contributed by atoms with E-state index >= 15 is 0 Å². The fraction of sp³-hybridized carbons (Fsp3) is 0.375. The summed E-state index contributed by atoms with van der Waals surface area (Å²) in [6, 6.07) is 3.82. The van der Waals surface area contributed by atoms with Gasteiger partial charge in [-0.2, -0.15) is 0 Å². The van der Waals surface area contributed by atoms with E-state index in [1.165, 1.54) is 0 Å². The number of pyridine rings is 1. The van der Waals surface area contributed by atoms with Gasteiger partial charge in [0.25, 0.3) is 0 Å². The molecular weight excluding hydrogens is 142 g/mol. The van der Waals surface area contributed by atoms with Crippen molar-refractivity contribution in [1.82, 2.24) is 4.98 Å². The van der Waals surface area contributed by atoms with Crippen LogP contribution in [0.5, 0.6) is 5.88 Å². The molecule has 1 atom stereocenters. The fourth-order valence-electron chi connectivity index (χ4n) is 0.944. The van der Waals surface area contributed by atoms with Crippen LogP contribution in [0.25, 0.3) is 0 Å². The van der Waals surface area contributed by atoms with Crippen LogP contribution in [-0.2, 0) is 4.74 Å². The molecule has 1 aliphatic heterocycles. The number of ether oxygens (including phenoxy) is 2. The number of hydrogen-bond donors (Lipinski definition) is 0. The highest BCUT2D eigenvalue weighted by molar-refractivity contribution is 5.21. The van der Waals surface area contributed by atoms with E-state index < -0.39 is 0 Å². The van der Waals surface area contributed by atoms with Gasteiger partial charge in [-0.1, -0.05) is 0 Å². The van der Waals surface area contributed by atoms with E-state index in [0.29, 0.717) is 5.88 Å². The number of rotatable bonds is 2. The number of nitrogens with zero attached hydrogens (tertiary/aromatic N) is 1. The van der Waals surface area contributed by atoms with Crippen LogP contribution in [0.1, 0.15) is 11.7 Å². The van der Waals surface area contributed by atoms with E-state index in [0.717, 1.165) is 12.2 Å². The summed E-state index contributed by atoms with van der Waals surface area (Å²) in [4.78, 5) is 4.06. The molecule has 3 nitrogen and oxygen atoms in total. The summed E-state index contributed by atoms with van der Waals surface area (Å²) in [6.07, 6.45) is 2.07. The van der Waals surface area contributed by atoms with E-state index in [1.54, 1.807) is 13.3 Å². The van der Waals surface area contributed by atoms with Crippen molar-refractivity contribution < 1.29 is 9.47 Å². The lowest BCUT2D eigenvalue weighted by Gasteiger charge is -1.97. The molecule has 0 N–H and O–H groups in total. The van der Waals surface area contributed by atoms with Gasteiger partial charge >= 0.3 is 0 Å². The van der Waals surface area contributed by atoms with Crippen molar-refractivity contribution in [3.05, 3.63) is 23.9 Å². The SMILES string of the molecule is COc1ccc([C@H]2CO2)cn1. The molecule has 2 heterocycles. The summed E-state index contributed by atoms with van der Waals surface area (Å²) in [5.74, 6) is 0.648. The highest BCUT2D eigenvalue weighted by Gasteiger charge is 2.24. The summed E-state index contributed by atoms with van der Waals surface area (Å²) in [6.45, 7) is 0.827. The number of methoxy groups -OCH3 is 1. The van der Waals surface area contributed by atoms with Crippen LogP contribution in [0.3, 0.4) is 0 Å². The van der Waals surface area contributed by atoms with Crippen molar-refractivity contribution in [2.75, 3.05) is 13.7 Å². The first-order valence-corrected chi connectivity index (χ1v) is 3.51. The van der Waals surface area contributed by atoms with Crippen molar-refractivity contribution in [3.8, 4) is 5.88 Å². The first kappa shape index (κ1) is 6.61. The second kappa shape index (κ2) is 2.51. The Bertz CT molecular complexity index is 241. The van der Waals surface area contributed by atoms with Crippen molar-refractivity contribution in [3.63, 3.8) is 0 Å². The summed E-state index contributed by atoms with van der Waals surface area (Å²) in [5, 5.41) is 0. The second-order valence-corrected chi connectivity index (χ2v) is 2.46. The standard InChI is InChI=1S/C8H9NO2/c1-10-8-3-2-6(4-9-8)7-5-11-7/h2-4,7H,5H2,1H3/t7-/m1/s1. The smallest absolute Gasteiger partial charge is 0.212 e. The molecule has 0 aromatic carbocycles. The van der Waals surface area contributed by atoms with Gasteiger partial charge < -0.3 is 9.47 Å². The average Bonchev–Trinajstić information content (AvgIpc) is 2.87. The van der Waals surface area contributed by atoms with E-state index in [9.17, 15) is 0 Å². The summed E-state index contributed by atoms with van der Waals surface area (Å²) in [5.41, 5.74) is 1.13. The van der Waals surface area contributed by atoms with Crippen molar-refractivity contribution in [2.24, 2.45) is 0 Å². The Kier molecular flexibility index (Phi) is 1.51. The first-order chi connectivity index (χ1) is 5.40. The minimum absolute atomic E-state index is 0.286. The summed E-state index contributed by atoms with van der Waals surface area (Å²) < 4.78 is 10.0. The lowest BCUT2D eigenvalue weighted by molar-refractivity contribution is 0.394. The van der Waals surface area contributed by atoms with E-state index in [4.69, 9.17) is 9.47 Å². The molecule has 0 aliphatic carbocycles. The highest BCUT2D eigenvalue weighted by atomic mass is 16.6. The quantitative estimate of drug-likeness (QED) is 0.595. The number of aromatic nitrogens is 1. The molecule has 0 unspecified atom stereocenters. The van der Waals surface area contributed by atoms with Gasteiger partial charge in [-0.15, -0.1) is 0 Å². The third-order valence-corrected chi connectivity index (χ3v) is 1.67. The predicted molar refractivity (Wildman–Crippen MR) is 39.5 cm³/mol. The van der Waals surface area contributed by atoms with Crippen LogP contribution >= 0.6 is 0 Å². The maximum Gasteiger partial charge on any atom is 0.212 e. The molecule has 1 aromatic heterocycles. The number of epoxide rings is 1. The normalized spacial score (nSPS) is 21.4. The van der Waals surface area contributed by atoms with Crippen LogP contribution in [0.4, 0.5) is 0 Å². The van der Waals surface area contributed by atoms with Gasteiger partial charge in [0.1, 0.15) is 6.10 Å². The lowest BCUT2D eigenvalue weighted by atomic mass is 10.2. The molecule has 1 aliphatic rings. The Morgan fingerprint density at radius 2 is 2.45 bits per heavy atom. The Morgan fingerprint density at radius 1 is 1.64 bits per heavy atom. The molecule has 0 bridgehead atoms. The van der Waals surface area contributed by atoms with Crippen molar-refractivity contribution in [2.45, 2.75) is 6.10 Å². The van der Waals surface area contributed by atoms with Gasteiger partial charge in [0, 0.05) is 17.8 Å². The van der Waals surface area contributed by atoms with E-state index in [-0.39, 0.29) is 6.10 Å². The molecule has 0 amide bonds. The largest absolute Gasteiger partial charge is 0.481 e. The van der Waals surface area contributed by atoms with E-state index in [1.807, 2.05) is 12.1 Å². The van der Waals surface area contributed by atoms with Crippen LogP contribution in [0.15, 0.2) is 18.3 Å². The summed E-state index contributed by atoms with van der Waals surface area (Å²) >= 11 is 0. The lowest BCUT2D eigenvalue weighted by Crippen LogP contribution is -1.88. The maximum atomic E-state index is 5.09. The molecule has 3 heteroatoms. The Labute approximate surface area is 65.0 Å². The van der Waals surface area contributed by atoms with Crippen LogP contribution in [0.2, 0.25) is 0 Å². The molecule has 1 aromatic rings. The molecular formula is C8H9NO2. The Hall–Kier alpha value is -1.09. The predicted octanol–water partition coefficient (Wildman–Crippen LogP) is 1.16. The van der Waals surface area contributed by atoms with Gasteiger partial charge in [-0.05, 0) is 6.07 Å². The van der Waals surface area contributed by atoms with Gasteiger partial charge in [0.15, 0.2) is 0 Å². The molecule has 0 spiro atoms. The average molecular weight is 151 g/mol. The van der Waals surface area contributed by atoms with Crippen molar-refractivity contribution in [1.29, 1.82) is 0 Å². The minimum atomic E-state index is 0.286. The second-order valence-electron chi connectivity index (χ2n) is 2.46.